The smallest absolute Gasteiger partial charge is 0.408 e. The summed E-state index contributed by atoms with van der Waals surface area (Å²) in [5, 5.41) is 5.41. The topological polar surface area (TPSA) is 114 Å². The molecule has 0 unspecified atom stereocenters. The lowest BCUT2D eigenvalue weighted by atomic mass is 10.0. The summed E-state index contributed by atoms with van der Waals surface area (Å²) < 4.78 is 10.1. The lowest BCUT2D eigenvalue weighted by Gasteiger charge is -2.31. The number of ether oxygens (including phenoxy) is 2. The Kier molecular flexibility index (Phi) is 10.3. The molecule has 1 aromatic rings. The zero-order chi connectivity index (χ0) is 25.3. The molecule has 9 heteroatoms. The van der Waals surface area contributed by atoms with Gasteiger partial charge in [-0.15, -0.1) is 0 Å². The Hall–Kier alpha value is -3.10. The molecule has 34 heavy (non-hydrogen) atoms. The van der Waals surface area contributed by atoms with Crippen molar-refractivity contribution in [3.8, 4) is 0 Å². The quantitative estimate of drug-likeness (QED) is 0.503. The molecule has 188 valence electrons. The summed E-state index contributed by atoms with van der Waals surface area (Å²) >= 11 is 0. The number of hydrogen-bond acceptors (Lipinski definition) is 6. The maximum absolute atomic E-state index is 13.3. The van der Waals surface area contributed by atoms with Gasteiger partial charge >= 0.3 is 12.1 Å². The van der Waals surface area contributed by atoms with Gasteiger partial charge in [-0.3, -0.25) is 9.59 Å². The van der Waals surface area contributed by atoms with Crippen LogP contribution >= 0.6 is 0 Å². The van der Waals surface area contributed by atoms with Gasteiger partial charge < -0.3 is 25.0 Å². The monoisotopic (exact) mass is 475 g/mol. The SMILES string of the molecule is COC(=O)[C@H](CC(C)C)NC(=O)[C@@H]1CCCN1C(=O)[C@@H](NC(=O)OCc1ccccc1)C(C)C. The van der Waals surface area contributed by atoms with Crippen LogP contribution < -0.4 is 10.6 Å². The number of methoxy groups -OCH3 is 1. The second kappa shape index (κ2) is 13.0. The Morgan fingerprint density at radius 3 is 2.32 bits per heavy atom. The molecule has 0 radical (unpaired) electrons. The van der Waals surface area contributed by atoms with Gasteiger partial charge in [0.1, 0.15) is 24.7 Å². The van der Waals surface area contributed by atoms with Crippen molar-refractivity contribution in [1.82, 2.24) is 15.5 Å². The summed E-state index contributed by atoms with van der Waals surface area (Å²) in [5.74, 6) is -1.30. The van der Waals surface area contributed by atoms with Crippen LogP contribution in [0, 0.1) is 11.8 Å². The molecule has 1 aromatic carbocycles. The number of alkyl carbamates (subject to hydrolysis) is 1. The lowest BCUT2D eigenvalue weighted by molar-refractivity contribution is -0.147. The second-order valence-electron chi connectivity index (χ2n) is 9.33. The van der Waals surface area contributed by atoms with Crippen molar-refractivity contribution in [2.24, 2.45) is 11.8 Å². The minimum absolute atomic E-state index is 0.0885. The number of likely N-dealkylation sites (tertiary alicyclic amines) is 1. The Morgan fingerprint density at radius 1 is 1.06 bits per heavy atom. The van der Waals surface area contributed by atoms with Gasteiger partial charge in [0.2, 0.25) is 11.8 Å². The van der Waals surface area contributed by atoms with Crippen molar-refractivity contribution in [3.63, 3.8) is 0 Å². The minimum Gasteiger partial charge on any atom is -0.467 e. The molecule has 0 spiro atoms. The van der Waals surface area contributed by atoms with E-state index in [2.05, 4.69) is 10.6 Å². The van der Waals surface area contributed by atoms with Gasteiger partial charge in [0.25, 0.3) is 0 Å². The predicted molar refractivity (Wildman–Crippen MR) is 127 cm³/mol. The first-order chi connectivity index (χ1) is 16.1. The highest BCUT2D eigenvalue weighted by atomic mass is 16.5. The number of nitrogens with one attached hydrogen (secondary N) is 2. The maximum atomic E-state index is 13.3. The molecule has 1 aliphatic heterocycles. The minimum atomic E-state index is -0.844. The summed E-state index contributed by atoms with van der Waals surface area (Å²) in [6.45, 7) is 8.02. The third kappa shape index (κ3) is 7.74. The van der Waals surface area contributed by atoms with Gasteiger partial charge in [-0.25, -0.2) is 9.59 Å². The summed E-state index contributed by atoms with van der Waals surface area (Å²) in [6, 6.07) is 6.92. The zero-order valence-corrected chi connectivity index (χ0v) is 20.7. The highest BCUT2D eigenvalue weighted by Crippen LogP contribution is 2.21. The fraction of sp³-hybridized carbons (Fsp3) is 0.600. The fourth-order valence-corrected chi connectivity index (χ4v) is 3.98. The lowest BCUT2D eigenvalue weighted by Crippen LogP contribution is -2.56. The number of esters is 1. The average molecular weight is 476 g/mol. The summed E-state index contributed by atoms with van der Waals surface area (Å²) in [4.78, 5) is 52.4. The Labute approximate surface area is 201 Å². The van der Waals surface area contributed by atoms with Crippen LogP contribution in [0.25, 0.3) is 0 Å². The van der Waals surface area contributed by atoms with Crippen molar-refractivity contribution in [2.45, 2.75) is 71.7 Å². The molecule has 3 atom stereocenters. The van der Waals surface area contributed by atoms with E-state index in [0.717, 1.165) is 5.56 Å². The van der Waals surface area contributed by atoms with Crippen LogP contribution in [0.15, 0.2) is 30.3 Å². The van der Waals surface area contributed by atoms with Crippen LogP contribution in [0.4, 0.5) is 4.79 Å². The van der Waals surface area contributed by atoms with Crippen LogP contribution in [-0.2, 0) is 30.5 Å². The molecule has 0 bridgehead atoms. The van der Waals surface area contributed by atoms with Crippen LogP contribution in [0.1, 0.15) is 52.5 Å². The number of carbonyl (C=O) groups excluding carboxylic acids is 4. The van der Waals surface area contributed by atoms with Crippen LogP contribution in [0.3, 0.4) is 0 Å². The van der Waals surface area contributed by atoms with E-state index in [1.54, 1.807) is 0 Å². The molecule has 1 aliphatic rings. The first-order valence-corrected chi connectivity index (χ1v) is 11.8. The summed E-state index contributed by atoms with van der Waals surface area (Å²) in [5.41, 5.74) is 0.836. The highest BCUT2D eigenvalue weighted by molar-refractivity contribution is 5.93. The van der Waals surface area contributed by atoms with Crippen molar-refractivity contribution in [3.05, 3.63) is 35.9 Å². The molecule has 1 heterocycles. The molecule has 0 aliphatic carbocycles. The summed E-state index contributed by atoms with van der Waals surface area (Å²) in [7, 11) is 1.28. The van der Waals surface area contributed by atoms with E-state index in [4.69, 9.17) is 9.47 Å². The number of benzene rings is 1. The fourth-order valence-electron chi connectivity index (χ4n) is 3.98. The molecule has 9 nitrogen and oxygen atoms in total. The van der Waals surface area contributed by atoms with Gasteiger partial charge in [0.15, 0.2) is 0 Å². The number of rotatable bonds is 10. The molecule has 0 aromatic heterocycles. The number of nitrogens with zero attached hydrogens (tertiary/aromatic N) is 1. The van der Waals surface area contributed by atoms with Crippen molar-refractivity contribution >= 4 is 23.9 Å². The van der Waals surface area contributed by atoms with Crippen molar-refractivity contribution in [1.29, 1.82) is 0 Å². The molecular formula is C25H37N3O6. The van der Waals surface area contributed by atoms with Gasteiger partial charge in [-0.1, -0.05) is 58.0 Å². The molecular weight excluding hydrogens is 438 g/mol. The standard InChI is InChI=1S/C25H37N3O6/c1-16(2)14-19(24(31)33-5)26-22(29)20-12-9-13-28(20)23(30)21(17(3)4)27-25(32)34-15-18-10-7-6-8-11-18/h6-8,10-11,16-17,19-21H,9,12-15H2,1-5H3,(H,26,29)(H,27,32)/t19-,20-,21-/m0/s1. The summed E-state index contributed by atoms with van der Waals surface area (Å²) in [6.07, 6.45) is 0.873. The highest BCUT2D eigenvalue weighted by Gasteiger charge is 2.40. The largest absolute Gasteiger partial charge is 0.467 e. The molecule has 2 N–H and O–H groups in total. The molecule has 3 amide bonds. The normalized spacial score (nSPS) is 17.3. The first kappa shape index (κ1) is 27.1. The van der Waals surface area contributed by atoms with E-state index in [1.165, 1.54) is 12.0 Å². The number of carbonyl (C=O) groups is 4. The van der Waals surface area contributed by atoms with E-state index in [9.17, 15) is 19.2 Å². The van der Waals surface area contributed by atoms with E-state index in [0.29, 0.717) is 25.8 Å². The van der Waals surface area contributed by atoms with E-state index in [1.807, 2.05) is 58.0 Å². The Balaban J connectivity index is 2.03. The van der Waals surface area contributed by atoms with Crippen molar-refractivity contribution < 1.29 is 28.7 Å². The first-order valence-electron chi connectivity index (χ1n) is 11.8. The zero-order valence-electron chi connectivity index (χ0n) is 20.7. The van der Waals surface area contributed by atoms with Gasteiger partial charge in [0.05, 0.1) is 7.11 Å². The van der Waals surface area contributed by atoms with Crippen LogP contribution in [-0.4, -0.2) is 60.6 Å². The predicted octanol–water partition coefficient (Wildman–Crippen LogP) is 2.63. The van der Waals surface area contributed by atoms with Gasteiger partial charge in [-0.2, -0.15) is 0 Å². The van der Waals surface area contributed by atoms with Crippen molar-refractivity contribution in [2.75, 3.05) is 13.7 Å². The maximum Gasteiger partial charge on any atom is 0.408 e. The molecule has 0 saturated carbocycles. The van der Waals surface area contributed by atoms with Crippen LogP contribution in [0.5, 0.6) is 0 Å². The van der Waals surface area contributed by atoms with E-state index in [-0.39, 0.29) is 24.3 Å². The van der Waals surface area contributed by atoms with E-state index >= 15 is 0 Å². The Morgan fingerprint density at radius 2 is 1.74 bits per heavy atom. The average Bonchev–Trinajstić information content (AvgIpc) is 3.30. The molecule has 1 fully saturated rings. The van der Waals surface area contributed by atoms with E-state index < -0.39 is 36.1 Å². The molecule has 2 rings (SSSR count). The van der Waals surface area contributed by atoms with Gasteiger partial charge in [0, 0.05) is 6.54 Å². The third-order valence-electron chi connectivity index (χ3n) is 5.77. The number of hydrogen-bond donors (Lipinski definition) is 2. The van der Waals surface area contributed by atoms with Gasteiger partial charge in [-0.05, 0) is 36.7 Å². The molecule has 1 saturated heterocycles. The van der Waals surface area contributed by atoms with Crippen LogP contribution in [0.2, 0.25) is 0 Å². The third-order valence-corrected chi connectivity index (χ3v) is 5.77. The Bertz CT molecular complexity index is 842. The number of amides is 3. The second-order valence-corrected chi connectivity index (χ2v) is 9.33.